The highest BCUT2D eigenvalue weighted by atomic mass is 16.7. The third kappa shape index (κ3) is 4.06. The summed E-state index contributed by atoms with van der Waals surface area (Å²) < 4.78 is 16.1. The van der Waals surface area contributed by atoms with Crippen LogP contribution < -0.4 is 14.2 Å². The minimum atomic E-state index is -0.554. The van der Waals surface area contributed by atoms with Gasteiger partial charge in [0.25, 0.3) is 0 Å². The van der Waals surface area contributed by atoms with Gasteiger partial charge in [-0.25, -0.2) is 4.79 Å². The van der Waals surface area contributed by atoms with Crippen LogP contribution >= 0.6 is 0 Å². The molecule has 1 heterocycles. The van der Waals surface area contributed by atoms with E-state index in [0.717, 1.165) is 5.39 Å². The van der Waals surface area contributed by atoms with Crippen LogP contribution in [0.2, 0.25) is 0 Å². The molecule has 0 amide bonds. The quantitative estimate of drug-likeness (QED) is 0.613. The van der Waals surface area contributed by atoms with E-state index in [2.05, 4.69) is 9.97 Å². The summed E-state index contributed by atoms with van der Waals surface area (Å²) in [6, 6.07) is 12.5. The van der Waals surface area contributed by atoms with Crippen molar-refractivity contribution >= 4 is 16.7 Å². The van der Waals surface area contributed by atoms with E-state index in [9.17, 15) is 4.79 Å². The average molecular weight is 369 g/mol. The number of methoxy groups -OCH3 is 2. The molecule has 0 unspecified atom stereocenters. The van der Waals surface area contributed by atoms with E-state index in [4.69, 9.17) is 19.0 Å². The molecule has 0 radical (unpaired) electrons. The number of aromatic nitrogens is 2. The van der Waals surface area contributed by atoms with Crippen molar-refractivity contribution in [2.75, 3.05) is 28.3 Å². The Kier molecular flexibility index (Phi) is 5.37. The van der Waals surface area contributed by atoms with Crippen molar-refractivity contribution in [1.82, 2.24) is 15.0 Å². The zero-order valence-electron chi connectivity index (χ0n) is 15.4. The molecule has 0 saturated heterocycles. The third-order valence-corrected chi connectivity index (χ3v) is 3.64. The van der Waals surface area contributed by atoms with Gasteiger partial charge in [-0.1, -0.05) is 30.3 Å². The van der Waals surface area contributed by atoms with Crippen LogP contribution in [-0.4, -0.2) is 49.3 Å². The monoisotopic (exact) mass is 369 g/mol. The van der Waals surface area contributed by atoms with Crippen LogP contribution in [0.4, 0.5) is 0 Å². The standard InChI is InChI=1S/C19H19N3O5/c1-22(2)27-18(23)17-13-8-6-5-7-12(13)9-10-14(17)26-19-20-15(24-3)11-16(21-19)25-4/h5-11H,1-4H3. The summed E-state index contributed by atoms with van der Waals surface area (Å²) in [7, 11) is 6.20. The summed E-state index contributed by atoms with van der Waals surface area (Å²) in [5.41, 5.74) is 0.271. The molecule has 3 rings (SSSR count). The minimum absolute atomic E-state index is 0.0135. The second kappa shape index (κ2) is 7.88. The van der Waals surface area contributed by atoms with E-state index < -0.39 is 5.97 Å². The van der Waals surface area contributed by atoms with Crippen LogP contribution in [0.3, 0.4) is 0 Å². The molecule has 8 nitrogen and oxygen atoms in total. The maximum atomic E-state index is 12.7. The molecule has 0 atom stereocenters. The van der Waals surface area contributed by atoms with Gasteiger partial charge >= 0.3 is 12.0 Å². The zero-order chi connectivity index (χ0) is 19.4. The van der Waals surface area contributed by atoms with Crippen molar-refractivity contribution < 1.29 is 23.8 Å². The normalized spacial score (nSPS) is 10.7. The zero-order valence-corrected chi connectivity index (χ0v) is 15.4. The van der Waals surface area contributed by atoms with E-state index in [-0.39, 0.29) is 29.1 Å². The van der Waals surface area contributed by atoms with E-state index in [1.54, 1.807) is 20.2 Å². The van der Waals surface area contributed by atoms with Crippen LogP contribution in [0.25, 0.3) is 10.8 Å². The van der Waals surface area contributed by atoms with Crippen LogP contribution in [0.15, 0.2) is 42.5 Å². The fourth-order valence-corrected chi connectivity index (χ4v) is 2.50. The number of carbonyl (C=O) groups is 1. The van der Waals surface area contributed by atoms with Crippen LogP contribution in [0.1, 0.15) is 10.4 Å². The van der Waals surface area contributed by atoms with Gasteiger partial charge in [0.05, 0.1) is 20.3 Å². The first-order chi connectivity index (χ1) is 13.0. The van der Waals surface area contributed by atoms with Crippen molar-refractivity contribution in [3.05, 3.63) is 48.0 Å². The van der Waals surface area contributed by atoms with Crippen molar-refractivity contribution in [2.24, 2.45) is 0 Å². The van der Waals surface area contributed by atoms with Gasteiger partial charge in [0.15, 0.2) is 0 Å². The molecule has 27 heavy (non-hydrogen) atoms. The van der Waals surface area contributed by atoms with Crippen molar-refractivity contribution in [3.63, 3.8) is 0 Å². The van der Waals surface area contributed by atoms with E-state index >= 15 is 0 Å². The molecular formula is C19H19N3O5. The molecule has 0 fully saturated rings. The molecular weight excluding hydrogens is 350 g/mol. The molecule has 0 N–H and O–H groups in total. The number of carbonyl (C=O) groups excluding carboxylic acids is 1. The van der Waals surface area contributed by atoms with Crippen molar-refractivity contribution in [3.8, 4) is 23.5 Å². The number of nitrogens with zero attached hydrogens (tertiary/aromatic N) is 3. The number of benzene rings is 2. The fraction of sp³-hybridized carbons (Fsp3) is 0.211. The second-order valence-corrected chi connectivity index (χ2v) is 5.69. The Morgan fingerprint density at radius 1 is 0.963 bits per heavy atom. The Labute approximate surface area is 156 Å². The lowest BCUT2D eigenvalue weighted by Crippen LogP contribution is -2.19. The molecule has 0 bridgehead atoms. The molecule has 0 aliphatic heterocycles. The molecule has 140 valence electrons. The Bertz CT molecular complexity index is 952. The maximum absolute atomic E-state index is 12.7. The van der Waals surface area contributed by atoms with Crippen molar-refractivity contribution in [2.45, 2.75) is 0 Å². The van der Waals surface area contributed by atoms with E-state index in [0.29, 0.717) is 5.39 Å². The predicted molar refractivity (Wildman–Crippen MR) is 98.3 cm³/mol. The van der Waals surface area contributed by atoms with Crippen molar-refractivity contribution in [1.29, 1.82) is 0 Å². The highest BCUT2D eigenvalue weighted by molar-refractivity contribution is 6.07. The number of fused-ring (bicyclic) bond motifs is 1. The van der Waals surface area contributed by atoms with E-state index in [1.807, 2.05) is 30.3 Å². The average Bonchev–Trinajstić information content (AvgIpc) is 2.66. The van der Waals surface area contributed by atoms with Crippen LogP contribution in [0.5, 0.6) is 23.5 Å². The van der Waals surface area contributed by atoms with Crippen LogP contribution in [0, 0.1) is 0 Å². The topological polar surface area (TPSA) is 83.0 Å². The van der Waals surface area contributed by atoms with Gasteiger partial charge in [0.2, 0.25) is 11.8 Å². The highest BCUT2D eigenvalue weighted by Crippen LogP contribution is 2.32. The molecule has 0 aliphatic carbocycles. The Morgan fingerprint density at radius 3 is 2.26 bits per heavy atom. The molecule has 1 aromatic heterocycles. The molecule has 0 saturated carbocycles. The predicted octanol–water partition coefficient (Wildman–Crippen LogP) is 3.07. The molecule has 0 aliphatic rings. The molecule has 0 spiro atoms. The lowest BCUT2D eigenvalue weighted by molar-refractivity contribution is -0.0713. The Hall–Kier alpha value is -3.39. The summed E-state index contributed by atoms with van der Waals surface area (Å²) in [5, 5.41) is 2.88. The second-order valence-electron chi connectivity index (χ2n) is 5.69. The van der Waals surface area contributed by atoms with Gasteiger partial charge in [-0.05, 0) is 11.5 Å². The molecule has 8 heteroatoms. The Morgan fingerprint density at radius 2 is 1.63 bits per heavy atom. The lowest BCUT2D eigenvalue weighted by atomic mass is 10.0. The minimum Gasteiger partial charge on any atom is -0.481 e. The number of hydroxylamine groups is 2. The summed E-state index contributed by atoms with van der Waals surface area (Å²) in [4.78, 5) is 26.2. The van der Waals surface area contributed by atoms with Gasteiger partial charge in [-0.3, -0.25) is 0 Å². The molecule has 3 aromatic rings. The summed E-state index contributed by atoms with van der Waals surface area (Å²) >= 11 is 0. The maximum Gasteiger partial charge on any atom is 0.361 e. The summed E-state index contributed by atoms with van der Waals surface area (Å²) in [5.74, 6) is 0.252. The van der Waals surface area contributed by atoms with Gasteiger partial charge in [0.1, 0.15) is 11.3 Å². The van der Waals surface area contributed by atoms with E-state index in [1.165, 1.54) is 25.3 Å². The van der Waals surface area contributed by atoms with Gasteiger partial charge in [-0.2, -0.15) is 9.97 Å². The summed E-state index contributed by atoms with van der Waals surface area (Å²) in [6.45, 7) is 0. The SMILES string of the molecule is COc1cc(OC)nc(Oc2ccc3ccccc3c2C(=O)ON(C)C)n1. The van der Waals surface area contributed by atoms with Gasteiger partial charge < -0.3 is 19.0 Å². The van der Waals surface area contributed by atoms with Crippen LogP contribution in [-0.2, 0) is 4.84 Å². The number of ether oxygens (including phenoxy) is 3. The first kappa shape index (κ1) is 18.4. The van der Waals surface area contributed by atoms with Gasteiger partial charge in [0, 0.05) is 19.5 Å². The Balaban J connectivity index is 2.10. The first-order valence-electron chi connectivity index (χ1n) is 8.08. The first-order valence-corrected chi connectivity index (χ1v) is 8.08. The largest absolute Gasteiger partial charge is 0.481 e. The lowest BCUT2D eigenvalue weighted by Gasteiger charge is -2.15. The summed E-state index contributed by atoms with van der Waals surface area (Å²) in [6.07, 6.45) is 0. The number of rotatable bonds is 6. The molecule has 2 aromatic carbocycles. The van der Waals surface area contributed by atoms with Gasteiger partial charge in [-0.15, -0.1) is 5.06 Å². The smallest absolute Gasteiger partial charge is 0.361 e. The number of hydrogen-bond donors (Lipinski definition) is 0. The number of hydrogen-bond acceptors (Lipinski definition) is 8. The fourth-order valence-electron chi connectivity index (χ4n) is 2.50. The highest BCUT2D eigenvalue weighted by Gasteiger charge is 2.21. The third-order valence-electron chi connectivity index (χ3n) is 3.64.